The van der Waals surface area contributed by atoms with E-state index in [0.29, 0.717) is 36.6 Å². The molecule has 0 spiro atoms. The van der Waals surface area contributed by atoms with Crippen LogP contribution in [-0.2, 0) is 14.3 Å². The molecule has 2 fully saturated rings. The van der Waals surface area contributed by atoms with Crippen LogP contribution >= 0.6 is 11.8 Å². The van der Waals surface area contributed by atoms with Gasteiger partial charge in [0.25, 0.3) is 0 Å². The van der Waals surface area contributed by atoms with Gasteiger partial charge in [0.1, 0.15) is 5.82 Å². The monoisotopic (exact) mass is 396 g/mol. The molecule has 3 atom stereocenters. The third-order valence-electron chi connectivity index (χ3n) is 5.05. The van der Waals surface area contributed by atoms with E-state index in [1.54, 1.807) is 23.9 Å². The molecule has 3 rings (SSSR count). The Bertz CT molecular complexity index is 714. The van der Waals surface area contributed by atoms with E-state index in [0.717, 1.165) is 5.75 Å². The van der Waals surface area contributed by atoms with E-state index in [1.165, 1.54) is 6.07 Å². The molecule has 0 radical (unpaired) electrons. The van der Waals surface area contributed by atoms with Crippen molar-refractivity contribution in [3.8, 4) is 0 Å². The lowest BCUT2D eigenvalue weighted by atomic mass is 9.84. The number of carbonyl (C=O) groups excluding carboxylic acids is 1. The van der Waals surface area contributed by atoms with Gasteiger partial charge in [0.15, 0.2) is 0 Å². The number of nitrogens with zero attached hydrogens (tertiary/aromatic N) is 1. The first-order valence-corrected chi connectivity index (χ1v) is 10.3. The van der Waals surface area contributed by atoms with Crippen molar-refractivity contribution < 1.29 is 23.8 Å². The molecule has 2 heterocycles. The van der Waals surface area contributed by atoms with Gasteiger partial charge in [0.2, 0.25) is 5.91 Å². The van der Waals surface area contributed by atoms with Gasteiger partial charge in [-0.2, -0.15) is 11.8 Å². The Labute approximate surface area is 162 Å². The number of carboxylic acids is 1. The van der Waals surface area contributed by atoms with Gasteiger partial charge in [0.05, 0.1) is 23.3 Å². The normalized spacial score (nSPS) is 28.2. The average molecular weight is 396 g/mol. The Morgan fingerprint density at radius 1 is 1.37 bits per heavy atom. The number of thioether (sulfide) groups is 1. The maximum Gasteiger partial charge on any atom is 0.311 e. The number of rotatable bonds is 5. The molecule has 0 aromatic heterocycles. The van der Waals surface area contributed by atoms with Gasteiger partial charge < -0.3 is 20.1 Å². The van der Waals surface area contributed by atoms with E-state index in [4.69, 9.17) is 4.74 Å². The average Bonchev–Trinajstić information content (AvgIpc) is 3.03. The van der Waals surface area contributed by atoms with Crippen LogP contribution in [0, 0.1) is 11.2 Å². The lowest BCUT2D eigenvalue weighted by Gasteiger charge is -2.37. The van der Waals surface area contributed by atoms with Gasteiger partial charge in [-0.15, -0.1) is 0 Å². The van der Waals surface area contributed by atoms with Crippen molar-refractivity contribution in [1.82, 2.24) is 0 Å². The zero-order valence-corrected chi connectivity index (χ0v) is 16.4. The summed E-state index contributed by atoms with van der Waals surface area (Å²) in [6.07, 6.45) is 0.409. The molecule has 0 saturated carbocycles. The quantitative estimate of drug-likeness (QED) is 0.797. The number of nitrogens with one attached hydrogen (secondary N) is 1. The smallest absolute Gasteiger partial charge is 0.311 e. The van der Waals surface area contributed by atoms with Crippen molar-refractivity contribution in [2.45, 2.75) is 38.9 Å². The van der Waals surface area contributed by atoms with Crippen molar-refractivity contribution >= 4 is 35.0 Å². The fraction of sp³-hybridized carbons (Fsp3) is 0.579. The number of amides is 1. The minimum atomic E-state index is -1.02. The van der Waals surface area contributed by atoms with Gasteiger partial charge in [0, 0.05) is 31.0 Å². The molecule has 0 aliphatic carbocycles. The molecule has 3 unspecified atom stereocenters. The molecule has 8 heteroatoms. The van der Waals surface area contributed by atoms with Crippen molar-refractivity contribution in [2.75, 3.05) is 34.8 Å². The zero-order chi connectivity index (χ0) is 19.6. The van der Waals surface area contributed by atoms with Crippen LogP contribution in [0.25, 0.3) is 0 Å². The highest BCUT2D eigenvalue weighted by Gasteiger charge is 2.43. The molecule has 1 aromatic rings. The number of morpholine rings is 1. The van der Waals surface area contributed by atoms with E-state index in [2.05, 4.69) is 5.32 Å². The number of benzene rings is 1. The summed E-state index contributed by atoms with van der Waals surface area (Å²) in [5, 5.41) is 12.1. The molecular weight excluding hydrogens is 371 g/mol. The number of anilines is 2. The summed E-state index contributed by atoms with van der Waals surface area (Å²) in [5.74, 6) is -0.602. The number of hydrogen-bond donors (Lipinski definition) is 2. The molecule has 2 aliphatic rings. The molecule has 1 amide bonds. The first-order valence-electron chi connectivity index (χ1n) is 9.10. The van der Waals surface area contributed by atoms with Crippen LogP contribution in [0.5, 0.6) is 0 Å². The second kappa shape index (κ2) is 8.06. The summed E-state index contributed by atoms with van der Waals surface area (Å²) in [6.45, 7) is 5.11. The molecule has 2 saturated heterocycles. The minimum absolute atomic E-state index is 0.0176. The lowest BCUT2D eigenvalue weighted by Crippen LogP contribution is -2.45. The molecule has 148 valence electrons. The topological polar surface area (TPSA) is 78.9 Å². The largest absolute Gasteiger partial charge is 0.481 e. The van der Waals surface area contributed by atoms with Crippen LogP contribution in [0.3, 0.4) is 0 Å². The predicted octanol–water partition coefficient (Wildman–Crippen LogP) is 2.98. The Hall–Kier alpha value is -1.80. The SMILES string of the molecule is CC1CN(c2ccc(NC(=O)CC3(C(=O)O)CCSC3)cc2F)CC(C)O1. The first kappa shape index (κ1) is 19.9. The molecule has 2 N–H and O–H groups in total. The molecule has 6 nitrogen and oxygen atoms in total. The Balaban J connectivity index is 1.67. The Kier molecular flexibility index (Phi) is 5.95. The number of halogens is 1. The summed E-state index contributed by atoms with van der Waals surface area (Å²) in [4.78, 5) is 25.8. The van der Waals surface area contributed by atoms with E-state index < -0.39 is 23.1 Å². The summed E-state index contributed by atoms with van der Waals surface area (Å²) < 4.78 is 20.3. The van der Waals surface area contributed by atoms with Crippen molar-refractivity contribution in [3.63, 3.8) is 0 Å². The van der Waals surface area contributed by atoms with E-state index in [-0.39, 0.29) is 18.6 Å². The number of carboxylic acid groups (broad SMARTS) is 1. The maximum atomic E-state index is 14.6. The van der Waals surface area contributed by atoms with Gasteiger partial charge in [-0.25, -0.2) is 4.39 Å². The van der Waals surface area contributed by atoms with Crippen LogP contribution in [-0.4, -0.2) is 53.8 Å². The predicted molar refractivity (Wildman–Crippen MR) is 104 cm³/mol. The molecule has 2 aliphatic heterocycles. The van der Waals surface area contributed by atoms with E-state index in [1.807, 2.05) is 18.7 Å². The Morgan fingerprint density at radius 2 is 2.07 bits per heavy atom. The fourth-order valence-corrected chi connectivity index (χ4v) is 5.16. The Morgan fingerprint density at radius 3 is 2.63 bits per heavy atom. The summed E-state index contributed by atoms with van der Waals surface area (Å²) in [7, 11) is 0. The van der Waals surface area contributed by atoms with Crippen LogP contribution in [0.2, 0.25) is 0 Å². The summed E-state index contributed by atoms with van der Waals surface area (Å²) >= 11 is 1.54. The zero-order valence-electron chi connectivity index (χ0n) is 15.5. The lowest BCUT2D eigenvalue weighted by molar-refractivity contribution is -0.149. The maximum absolute atomic E-state index is 14.6. The summed E-state index contributed by atoms with van der Waals surface area (Å²) in [5.41, 5.74) is -0.209. The molecule has 27 heavy (non-hydrogen) atoms. The highest BCUT2D eigenvalue weighted by Crippen LogP contribution is 2.39. The van der Waals surface area contributed by atoms with Crippen molar-refractivity contribution in [2.24, 2.45) is 5.41 Å². The molecule has 1 aromatic carbocycles. The van der Waals surface area contributed by atoms with Gasteiger partial charge >= 0.3 is 5.97 Å². The fourth-order valence-electron chi connectivity index (χ4n) is 3.72. The van der Waals surface area contributed by atoms with Crippen LogP contribution in [0.1, 0.15) is 26.7 Å². The van der Waals surface area contributed by atoms with Crippen LogP contribution in [0.15, 0.2) is 18.2 Å². The summed E-state index contributed by atoms with van der Waals surface area (Å²) in [6, 6.07) is 4.58. The first-order chi connectivity index (χ1) is 12.8. The second-order valence-corrected chi connectivity index (χ2v) is 8.55. The third kappa shape index (κ3) is 4.55. The number of carbonyl (C=O) groups is 2. The van der Waals surface area contributed by atoms with Gasteiger partial charge in [-0.05, 0) is 44.2 Å². The number of hydrogen-bond acceptors (Lipinski definition) is 5. The minimum Gasteiger partial charge on any atom is -0.481 e. The van der Waals surface area contributed by atoms with E-state index >= 15 is 0 Å². The van der Waals surface area contributed by atoms with Gasteiger partial charge in [-0.3, -0.25) is 9.59 Å². The molecule has 0 bridgehead atoms. The van der Waals surface area contributed by atoms with Crippen molar-refractivity contribution in [1.29, 1.82) is 0 Å². The highest BCUT2D eigenvalue weighted by atomic mass is 32.2. The van der Waals surface area contributed by atoms with Crippen LogP contribution in [0.4, 0.5) is 15.8 Å². The van der Waals surface area contributed by atoms with Crippen LogP contribution < -0.4 is 10.2 Å². The van der Waals surface area contributed by atoms with Crippen molar-refractivity contribution in [3.05, 3.63) is 24.0 Å². The highest BCUT2D eigenvalue weighted by molar-refractivity contribution is 7.99. The van der Waals surface area contributed by atoms with E-state index in [9.17, 15) is 19.1 Å². The second-order valence-electron chi connectivity index (χ2n) is 7.44. The molecular formula is C19H25FN2O4S. The number of ether oxygens (including phenoxy) is 1. The van der Waals surface area contributed by atoms with Gasteiger partial charge in [-0.1, -0.05) is 0 Å². The number of aliphatic carboxylic acids is 1. The standard InChI is InChI=1S/C19H25FN2O4S/c1-12-9-22(10-13(2)26-12)16-4-3-14(7-15(16)20)21-17(23)8-19(18(24)25)5-6-27-11-19/h3-4,7,12-13H,5-6,8-11H2,1-2H3,(H,21,23)(H,24,25). The third-order valence-corrected chi connectivity index (χ3v) is 6.30.